The smallest absolute Gasteiger partial charge is 0.217 e. The van der Waals surface area contributed by atoms with E-state index in [4.69, 9.17) is 24.9 Å². The molecule has 2 heterocycles. The van der Waals surface area contributed by atoms with Gasteiger partial charge in [-0.1, -0.05) is 0 Å². The number of nitrogens with one attached hydrogen (secondary N) is 2. The van der Waals surface area contributed by atoms with E-state index in [2.05, 4.69) is 10.6 Å². The van der Waals surface area contributed by atoms with E-state index in [1.807, 2.05) is 0 Å². The number of hydrogen-bond donors (Lipinski definition) is 8. The van der Waals surface area contributed by atoms with Crippen molar-refractivity contribution in [1.82, 2.24) is 10.6 Å². The zero-order valence-electron chi connectivity index (χ0n) is 16.5. The van der Waals surface area contributed by atoms with Crippen LogP contribution in [0.2, 0.25) is 0 Å². The van der Waals surface area contributed by atoms with Crippen LogP contribution in [0.4, 0.5) is 0 Å². The third-order valence-corrected chi connectivity index (χ3v) is 4.91. The molecular formula is C16H29N3O11. The van der Waals surface area contributed by atoms with Crippen LogP contribution in [0.15, 0.2) is 0 Å². The van der Waals surface area contributed by atoms with Crippen LogP contribution in [0.3, 0.4) is 0 Å². The van der Waals surface area contributed by atoms with E-state index >= 15 is 0 Å². The number of carbonyl (C=O) groups excluding carboxylic acids is 2. The molecule has 0 unspecified atom stereocenters. The number of rotatable bonds is 7. The van der Waals surface area contributed by atoms with Crippen molar-refractivity contribution in [3.63, 3.8) is 0 Å². The summed E-state index contributed by atoms with van der Waals surface area (Å²) in [6.45, 7) is 1.04. The molecule has 2 aliphatic rings. The summed E-state index contributed by atoms with van der Waals surface area (Å²) in [7, 11) is 0. The average molecular weight is 439 g/mol. The molecule has 2 rings (SSSR count). The maximum atomic E-state index is 11.6. The maximum absolute atomic E-state index is 11.6. The molecule has 0 bridgehead atoms. The van der Waals surface area contributed by atoms with Gasteiger partial charge in [0.1, 0.15) is 48.7 Å². The van der Waals surface area contributed by atoms with Crippen molar-refractivity contribution in [3.05, 3.63) is 0 Å². The largest absolute Gasteiger partial charge is 0.394 e. The van der Waals surface area contributed by atoms with Crippen LogP contribution in [0.5, 0.6) is 0 Å². The standard InChI is InChI=1S/C16H29N3O11/c1-5(22)18-9-12(25)11(24)7(3-20)28-16(9)29-13-8(4-21)27-15(26)10(14(13)30-17)19-6(2)23/h7-16,20-21,24-26H,3-4,17H2,1-2H3,(H,18,22)(H,19,23)/t7-,8-,9-,10-,11-,12-,13-,14-,15-,16+/m1/s1. The zero-order chi connectivity index (χ0) is 22.6. The molecule has 30 heavy (non-hydrogen) atoms. The van der Waals surface area contributed by atoms with Crippen LogP contribution < -0.4 is 16.5 Å². The predicted octanol–water partition coefficient (Wildman–Crippen LogP) is -5.21. The Kier molecular flexibility index (Phi) is 8.86. The number of nitrogens with two attached hydrogens (primary N) is 1. The second-order valence-electron chi connectivity index (χ2n) is 7.11. The van der Waals surface area contributed by atoms with Crippen LogP contribution >= 0.6 is 0 Å². The fourth-order valence-corrected chi connectivity index (χ4v) is 3.52. The first-order valence-electron chi connectivity index (χ1n) is 9.26. The van der Waals surface area contributed by atoms with E-state index in [0.29, 0.717) is 0 Å². The van der Waals surface area contributed by atoms with Crippen molar-refractivity contribution in [3.8, 4) is 0 Å². The Balaban J connectivity index is 2.32. The third-order valence-electron chi connectivity index (χ3n) is 4.91. The lowest BCUT2D eigenvalue weighted by molar-refractivity contribution is -0.332. The van der Waals surface area contributed by atoms with Crippen molar-refractivity contribution < 1.29 is 54.2 Å². The summed E-state index contributed by atoms with van der Waals surface area (Å²) in [5, 5.41) is 54.5. The van der Waals surface area contributed by atoms with Gasteiger partial charge in [0.15, 0.2) is 12.6 Å². The second kappa shape index (κ2) is 10.7. The lowest BCUT2D eigenvalue weighted by Crippen LogP contribution is -2.69. The lowest BCUT2D eigenvalue weighted by Gasteiger charge is -2.47. The fraction of sp³-hybridized carbons (Fsp3) is 0.875. The molecule has 2 aliphatic heterocycles. The number of aliphatic hydroxyl groups is 5. The summed E-state index contributed by atoms with van der Waals surface area (Å²) in [6, 6.07) is -2.46. The highest BCUT2D eigenvalue weighted by Gasteiger charge is 2.52. The summed E-state index contributed by atoms with van der Waals surface area (Å²) < 4.78 is 16.6. The molecule has 0 aromatic carbocycles. The van der Waals surface area contributed by atoms with Gasteiger partial charge >= 0.3 is 0 Å². The minimum absolute atomic E-state index is 0.533. The SMILES string of the molecule is CC(=O)N[C@@H]1[C@@H](ON)[C@H](O[C@@H]2O[C@H](CO)[C@@H](O)[C@H](O)[C@H]2NC(C)=O)[C@@H](CO)O[C@H]1O. The van der Waals surface area contributed by atoms with Crippen LogP contribution in [-0.4, -0.2) is 112 Å². The molecule has 174 valence electrons. The Hall–Kier alpha value is -1.46. The number of ether oxygens (including phenoxy) is 3. The Morgan fingerprint density at radius 3 is 1.97 bits per heavy atom. The Morgan fingerprint density at radius 1 is 0.900 bits per heavy atom. The molecule has 0 aromatic heterocycles. The van der Waals surface area contributed by atoms with Crippen LogP contribution in [0.25, 0.3) is 0 Å². The highest BCUT2D eigenvalue weighted by molar-refractivity contribution is 5.73. The van der Waals surface area contributed by atoms with Gasteiger partial charge in [-0.25, -0.2) is 5.90 Å². The van der Waals surface area contributed by atoms with Crippen molar-refractivity contribution in [1.29, 1.82) is 0 Å². The normalized spacial score (nSPS) is 41.9. The predicted molar refractivity (Wildman–Crippen MR) is 94.9 cm³/mol. The van der Waals surface area contributed by atoms with E-state index in [-0.39, 0.29) is 0 Å². The Bertz CT molecular complexity index is 597. The fourth-order valence-electron chi connectivity index (χ4n) is 3.52. The van der Waals surface area contributed by atoms with Gasteiger partial charge in [-0.15, -0.1) is 0 Å². The summed E-state index contributed by atoms with van der Waals surface area (Å²) >= 11 is 0. The first kappa shape index (κ1) is 24.8. The van der Waals surface area contributed by atoms with E-state index in [1.165, 1.54) is 13.8 Å². The third kappa shape index (κ3) is 5.42. The first-order chi connectivity index (χ1) is 14.1. The van der Waals surface area contributed by atoms with Crippen molar-refractivity contribution in [2.24, 2.45) is 5.90 Å². The molecule has 2 saturated heterocycles. The Labute approximate surface area is 171 Å². The molecule has 14 heteroatoms. The molecule has 0 spiro atoms. The molecule has 2 amide bonds. The highest BCUT2D eigenvalue weighted by Crippen LogP contribution is 2.29. The Morgan fingerprint density at radius 2 is 1.47 bits per heavy atom. The molecule has 2 fully saturated rings. The van der Waals surface area contributed by atoms with Gasteiger partial charge in [-0.2, -0.15) is 0 Å². The van der Waals surface area contributed by atoms with Gasteiger partial charge in [0.2, 0.25) is 11.8 Å². The zero-order valence-corrected chi connectivity index (χ0v) is 16.5. The van der Waals surface area contributed by atoms with Crippen molar-refractivity contribution in [2.45, 2.75) is 75.1 Å². The summed E-state index contributed by atoms with van der Waals surface area (Å²) in [5.74, 6) is 4.24. The number of aliphatic hydroxyl groups excluding tert-OH is 5. The summed E-state index contributed by atoms with van der Waals surface area (Å²) in [5.41, 5.74) is 0. The monoisotopic (exact) mass is 439 g/mol. The minimum atomic E-state index is -1.59. The molecule has 0 aromatic rings. The molecule has 0 radical (unpaired) electrons. The van der Waals surface area contributed by atoms with Gasteiger partial charge < -0.3 is 50.4 Å². The van der Waals surface area contributed by atoms with Crippen molar-refractivity contribution in [2.75, 3.05) is 13.2 Å². The van der Waals surface area contributed by atoms with Crippen molar-refractivity contribution >= 4 is 11.8 Å². The number of carbonyl (C=O) groups is 2. The van der Waals surface area contributed by atoms with Gasteiger partial charge in [0.25, 0.3) is 0 Å². The molecule has 10 atom stereocenters. The number of hydrogen-bond acceptors (Lipinski definition) is 12. The topological polar surface area (TPSA) is 222 Å². The quantitative estimate of drug-likeness (QED) is 0.174. The molecular weight excluding hydrogens is 410 g/mol. The van der Waals surface area contributed by atoms with E-state index in [0.717, 1.165) is 0 Å². The lowest BCUT2D eigenvalue weighted by atomic mass is 9.94. The molecule has 0 aliphatic carbocycles. The van der Waals surface area contributed by atoms with Crippen LogP contribution in [0, 0.1) is 0 Å². The number of amides is 2. The minimum Gasteiger partial charge on any atom is -0.394 e. The van der Waals surface area contributed by atoms with Gasteiger partial charge in [0.05, 0.1) is 13.2 Å². The van der Waals surface area contributed by atoms with Gasteiger partial charge in [-0.3, -0.25) is 14.4 Å². The van der Waals surface area contributed by atoms with Gasteiger partial charge in [-0.05, 0) is 0 Å². The van der Waals surface area contributed by atoms with E-state index in [1.54, 1.807) is 0 Å². The van der Waals surface area contributed by atoms with Gasteiger partial charge in [0, 0.05) is 13.8 Å². The maximum Gasteiger partial charge on any atom is 0.217 e. The first-order valence-corrected chi connectivity index (χ1v) is 9.26. The van der Waals surface area contributed by atoms with E-state index < -0.39 is 86.3 Å². The second-order valence-corrected chi connectivity index (χ2v) is 7.11. The average Bonchev–Trinajstić information content (AvgIpc) is 2.69. The van der Waals surface area contributed by atoms with Crippen LogP contribution in [-0.2, 0) is 28.6 Å². The molecule has 14 nitrogen and oxygen atoms in total. The van der Waals surface area contributed by atoms with Crippen LogP contribution in [0.1, 0.15) is 13.8 Å². The molecule has 9 N–H and O–H groups in total. The summed E-state index contributed by atoms with van der Waals surface area (Å²) in [4.78, 5) is 27.9. The summed E-state index contributed by atoms with van der Waals surface area (Å²) in [6.07, 6.45) is -11.1. The molecule has 0 saturated carbocycles. The van der Waals surface area contributed by atoms with E-state index in [9.17, 15) is 35.1 Å². The highest BCUT2D eigenvalue weighted by atomic mass is 16.7.